The largest absolute Gasteiger partial charge is 0.271 e. The molecule has 0 saturated heterocycles. The van der Waals surface area contributed by atoms with Crippen molar-refractivity contribution in [3.8, 4) is 0 Å². The van der Waals surface area contributed by atoms with Gasteiger partial charge in [-0.25, -0.2) is 0 Å². The molecule has 1 fully saturated rings. The highest BCUT2D eigenvalue weighted by Crippen LogP contribution is 2.28. The second kappa shape index (κ2) is 7.80. The molecule has 20 heavy (non-hydrogen) atoms. The number of hydrogen-bond acceptors (Lipinski definition) is 2. The zero-order valence-electron chi connectivity index (χ0n) is 13.1. The summed E-state index contributed by atoms with van der Waals surface area (Å²) in [7, 11) is 0. The Bertz CT molecular complexity index is 388. The second-order valence-corrected chi connectivity index (χ2v) is 6.52. The van der Waals surface area contributed by atoms with E-state index in [-0.39, 0.29) is 0 Å². The van der Waals surface area contributed by atoms with Crippen molar-refractivity contribution in [2.75, 3.05) is 0 Å². The van der Waals surface area contributed by atoms with Gasteiger partial charge in [0.1, 0.15) is 0 Å². The molecule has 2 rings (SSSR count). The number of hydrazine groups is 1. The molecule has 1 aromatic rings. The van der Waals surface area contributed by atoms with Gasteiger partial charge in [-0.2, -0.15) is 0 Å². The summed E-state index contributed by atoms with van der Waals surface area (Å²) in [6.45, 7) is 4.41. The molecule has 0 aromatic heterocycles. The molecule has 0 aliphatic heterocycles. The summed E-state index contributed by atoms with van der Waals surface area (Å²) in [6.07, 6.45) is 10.8. The Morgan fingerprint density at radius 3 is 2.40 bits per heavy atom. The van der Waals surface area contributed by atoms with Crippen LogP contribution in [-0.2, 0) is 6.42 Å². The molecule has 0 bridgehead atoms. The van der Waals surface area contributed by atoms with Crippen molar-refractivity contribution in [1.82, 2.24) is 5.43 Å². The fourth-order valence-electron chi connectivity index (χ4n) is 3.57. The number of benzene rings is 1. The summed E-state index contributed by atoms with van der Waals surface area (Å²) in [5.41, 5.74) is 7.30. The maximum atomic E-state index is 5.79. The van der Waals surface area contributed by atoms with Gasteiger partial charge in [0, 0.05) is 6.04 Å². The van der Waals surface area contributed by atoms with Gasteiger partial charge in [0.2, 0.25) is 0 Å². The van der Waals surface area contributed by atoms with E-state index in [0.29, 0.717) is 6.04 Å². The predicted octanol–water partition coefficient (Wildman–Crippen LogP) is 4.04. The minimum atomic E-state index is 0.414. The summed E-state index contributed by atoms with van der Waals surface area (Å²) < 4.78 is 0. The molecule has 1 aliphatic carbocycles. The van der Waals surface area contributed by atoms with Crippen LogP contribution in [-0.4, -0.2) is 6.04 Å². The van der Waals surface area contributed by atoms with Crippen LogP contribution < -0.4 is 11.3 Å². The van der Waals surface area contributed by atoms with E-state index in [9.17, 15) is 0 Å². The molecule has 1 aromatic carbocycles. The van der Waals surface area contributed by atoms with Gasteiger partial charge in [-0.1, -0.05) is 50.3 Å². The highest BCUT2D eigenvalue weighted by atomic mass is 15.2. The van der Waals surface area contributed by atoms with Crippen LogP contribution in [0.25, 0.3) is 0 Å². The first kappa shape index (κ1) is 15.5. The van der Waals surface area contributed by atoms with Gasteiger partial charge in [-0.15, -0.1) is 0 Å². The van der Waals surface area contributed by atoms with E-state index in [1.165, 1.54) is 61.6 Å². The molecule has 112 valence electrons. The van der Waals surface area contributed by atoms with Crippen LogP contribution in [0.3, 0.4) is 0 Å². The Morgan fingerprint density at radius 1 is 1.15 bits per heavy atom. The van der Waals surface area contributed by atoms with E-state index >= 15 is 0 Å². The molecule has 1 aliphatic rings. The molecule has 3 N–H and O–H groups in total. The van der Waals surface area contributed by atoms with E-state index in [4.69, 9.17) is 5.84 Å². The number of rotatable bonds is 6. The van der Waals surface area contributed by atoms with Crippen molar-refractivity contribution in [2.24, 2.45) is 11.8 Å². The summed E-state index contributed by atoms with van der Waals surface area (Å²) in [5.74, 6) is 6.73. The molecular formula is C18H30N2. The summed E-state index contributed by atoms with van der Waals surface area (Å²) in [4.78, 5) is 0. The normalized spacial score (nSPS) is 18.1. The van der Waals surface area contributed by atoms with E-state index in [1.807, 2.05) is 0 Å². The lowest BCUT2D eigenvalue weighted by molar-refractivity contribution is 0.313. The van der Waals surface area contributed by atoms with Crippen LogP contribution in [0.5, 0.6) is 0 Å². The average Bonchev–Trinajstić information content (AvgIpc) is 2.47. The third kappa shape index (κ3) is 4.32. The Labute approximate surface area is 124 Å². The van der Waals surface area contributed by atoms with Gasteiger partial charge in [0.25, 0.3) is 0 Å². The zero-order chi connectivity index (χ0) is 14.4. The summed E-state index contributed by atoms with van der Waals surface area (Å²) in [6, 6.07) is 6.96. The van der Waals surface area contributed by atoms with E-state index in [1.54, 1.807) is 0 Å². The molecule has 2 nitrogen and oxygen atoms in total. The summed E-state index contributed by atoms with van der Waals surface area (Å²) >= 11 is 0. The van der Waals surface area contributed by atoms with Crippen molar-refractivity contribution in [3.63, 3.8) is 0 Å². The third-order valence-corrected chi connectivity index (χ3v) is 4.98. The lowest BCUT2D eigenvalue weighted by Gasteiger charge is -2.24. The van der Waals surface area contributed by atoms with E-state index < -0.39 is 0 Å². The van der Waals surface area contributed by atoms with Crippen molar-refractivity contribution in [1.29, 1.82) is 0 Å². The SMILES string of the molecule is Cc1cccc(C)c1CC(CCC1CCCCC1)NN. The standard InChI is InChI=1S/C18H30N2/c1-14-7-6-8-15(2)18(14)13-17(20-19)12-11-16-9-4-3-5-10-16/h6-8,16-17,20H,3-5,9-13,19H2,1-2H3. The topological polar surface area (TPSA) is 38.0 Å². The van der Waals surface area contributed by atoms with Crippen LogP contribution in [0, 0.1) is 19.8 Å². The van der Waals surface area contributed by atoms with Crippen LogP contribution >= 0.6 is 0 Å². The van der Waals surface area contributed by atoms with Crippen molar-refractivity contribution in [2.45, 2.75) is 71.3 Å². The maximum Gasteiger partial charge on any atom is 0.0251 e. The smallest absolute Gasteiger partial charge is 0.0251 e. The van der Waals surface area contributed by atoms with Crippen molar-refractivity contribution >= 4 is 0 Å². The highest BCUT2D eigenvalue weighted by Gasteiger charge is 2.17. The van der Waals surface area contributed by atoms with Crippen molar-refractivity contribution in [3.05, 3.63) is 34.9 Å². The first-order valence-electron chi connectivity index (χ1n) is 8.22. The molecular weight excluding hydrogens is 244 g/mol. The van der Waals surface area contributed by atoms with Crippen LogP contribution in [0.2, 0.25) is 0 Å². The third-order valence-electron chi connectivity index (χ3n) is 4.98. The monoisotopic (exact) mass is 274 g/mol. The number of hydrogen-bond donors (Lipinski definition) is 2. The van der Waals surface area contributed by atoms with Gasteiger partial charge in [0.15, 0.2) is 0 Å². The fourth-order valence-corrected chi connectivity index (χ4v) is 3.57. The molecule has 0 amide bonds. The van der Waals surface area contributed by atoms with Gasteiger partial charge in [-0.3, -0.25) is 11.3 Å². The summed E-state index contributed by atoms with van der Waals surface area (Å²) in [5, 5.41) is 0. The van der Waals surface area contributed by atoms with Gasteiger partial charge in [0.05, 0.1) is 0 Å². The second-order valence-electron chi connectivity index (χ2n) is 6.52. The van der Waals surface area contributed by atoms with E-state index in [2.05, 4.69) is 37.5 Å². The molecule has 1 atom stereocenters. The first-order chi connectivity index (χ1) is 9.70. The number of nitrogens with one attached hydrogen (secondary N) is 1. The maximum absolute atomic E-state index is 5.79. The fraction of sp³-hybridized carbons (Fsp3) is 0.667. The van der Waals surface area contributed by atoms with Crippen LogP contribution in [0.15, 0.2) is 18.2 Å². The Kier molecular flexibility index (Phi) is 6.06. The lowest BCUT2D eigenvalue weighted by atomic mass is 9.84. The molecule has 0 heterocycles. The molecule has 0 spiro atoms. The number of aryl methyl sites for hydroxylation is 2. The quantitative estimate of drug-likeness (QED) is 0.607. The van der Waals surface area contributed by atoms with Gasteiger partial charge >= 0.3 is 0 Å². The van der Waals surface area contributed by atoms with Gasteiger partial charge in [-0.05, 0) is 55.7 Å². The van der Waals surface area contributed by atoms with Crippen molar-refractivity contribution < 1.29 is 0 Å². The molecule has 0 radical (unpaired) electrons. The Hall–Kier alpha value is -0.860. The minimum Gasteiger partial charge on any atom is -0.271 e. The first-order valence-corrected chi connectivity index (χ1v) is 8.22. The minimum absolute atomic E-state index is 0.414. The van der Waals surface area contributed by atoms with E-state index in [0.717, 1.165) is 12.3 Å². The molecule has 2 heteroatoms. The Morgan fingerprint density at radius 2 is 1.80 bits per heavy atom. The number of nitrogens with two attached hydrogens (primary N) is 1. The Balaban J connectivity index is 1.88. The predicted molar refractivity (Wildman–Crippen MR) is 86.5 cm³/mol. The average molecular weight is 274 g/mol. The van der Waals surface area contributed by atoms with Crippen LogP contribution in [0.1, 0.15) is 61.6 Å². The lowest BCUT2D eigenvalue weighted by Crippen LogP contribution is -2.37. The van der Waals surface area contributed by atoms with Crippen LogP contribution in [0.4, 0.5) is 0 Å². The molecule has 1 saturated carbocycles. The highest BCUT2D eigenvalue weighted by molar-refractivity contribution is 5.34. The van der Waals surface area contributed by atoms with Gasteiger partial charge < -0.3 is 0 Å². The molecule has 1 unspecified atom stereocenters. The zero-order valence-corrected chi connectivity index (χ0v) is 13.1.